The Morgan fingerprint density at radius 3 is 2.44 bits per heavy atom. The fourth-order valence-electron chi connectivity index (χ4n) is 2.80. The van der Waals surface area contributed by atoms with Crippen LogP contribution in [0.2, 0.25) is 0 Å². The van der Waals surface area contributed by atoms with E-state index in [-0.39, 0.29) is 29.6 Å². The molecule has 0 amide bonds. The summed E-state index contributed by atoms with van der Waals surface area (Å²) in [7, 11) is 1.27. The van der Waals surface area contributed by atoms with E-state index >= 15 is 0 Å². The summed E-state index contributed by atoms with van der Waals surface area (Å²) in [4.78, 5) is 23.7. The van der Waals surface area contributed by atoms with Crippen LogP contribution in [0.25, 0.3) is 0 Å². The molecule has 0 bridgehead atoms. The summed E-state index contributed by atoms with van der Waals surface area (Å²) in [5, 5.41) is 15.2. The van der Waals surface area contributed by atoms with Gasteiger partial charge in [-0.3, -0.25) is 0 Å². The van der Waals surface area contributed by atoms with E-state index in [2.05, 4.69) is 10.1 Å². The maximum Gasteiger partial charge on any atom is 1.00 e. The summed E-state index contributed by atoms with van der Waals surface area (Å²) in [6, 6.07) is 8.82. The summed E-state index contributed by atoms with van der Waals surface area (Å²) < 4.78 is 4.60. The molecule has 0 heterocycles. The van der Waals surface area contributed by atoms with Gasteiger partial charge in [-0.25, -0.2) is 4.79 Å². The predicted octanol–water partition coefficient (Wildman–Crippen LogP) is -1.42. The van der Waals surface area contributed by atoms with Crippen LogP contribution in [0.5, 0.6) is 0 Å². The second-order valence-corrected chi connectivity index (χ2v) is 5.52. The molecule has 6 heteroatoms. The van der Waals surface area contributed by atoms with Crippen LogP contribution < -0.4 is 40.0 Å². The maximum atomic E-state index is 12.2. The molecule has 0 radical (unpaired) electrons. The van der Waals surface area contributed by atoms with Crippen molar-refractivity contribution in [2.45, 2.75) is 25.3 Å². The molecule has 1 aliphatic carbocycles. The van der Waals surface area contributed by atoms with Crippen LogP contribution >= 0.6 is 0 Å². The van der Waals surface area contributed by atoms with Crippen LogP contribution in [0.4, 0.5) is 0 Å². The first kappa shape index (κ1) is 21.2. The molecule has 0 saturated heterocycles. The van der Waals surface area contributed by atoms with Crippen LogP contribution in [0, 0.1) is 0 Å². The van der Waals surface area contributed by atoms with Crippen LogP contribution in [0.1, 0.15) is 25.3 Å². The standard InChI is InChI=1S/C19H21NO4.Na/c1-14(13-17(21)24-2)20-19(18(22)23,15-9-5-3-6-10-15)16-11-7-4-8-12-16;/h3-7,9-10,12-13,20H,8,11H2,1-2H3,(H,22,23);/q;+1/p-1. The van der Waals surface area contributed by atoms with Crippen molar-refractivity contribution in [2.24, 2.45) is 0 Å². The second-order valence-electron chi connectivity index (χ2n) is 5.52. The van der Waals surface area contributed by atoms with E-state index in [0.717, 1.165) is 0 Å². The Bertz CT molecular complexity index is 709. The van der Waals surface area contributed by atoms with Gasteiger partial charge in [0.2, 0.25) is 0 Å². The first-order valence-corrected chi connectivity index (χ1v) is 7.66. The first-order chi connectivity index (χ1) is 11.5. The van der Waals surface area contributed by atoms with Gasteiger partial charge in [-0.05, 0) is 30.9 Å². The number of hydrogen-bond acceptors (Lipinski definition) is 5. The zero-order chi connectivity index (χ0) is 17.6. The molecule has 25 heavy (non-hydrogen) atoms. The van der Waals surface area contributed by atoms with Gasteiger partial charge in [-0.1, -0.05) is 48.6 Å². The molecule has 1 atom stereocenters. The van der Waals surface area contributed by atoms with Gasteiger partial charge in [0.15, 0.2) is 0 Å². The number of carboxylic acid groups (broad SMARTS) is 1. The number of carbonyl (C=O) groups excluding carboxylic acids is 2. The third-order valence-corrected chi connectivity index (χ3v) is 3.92. The zero-order valence-electron chi connectivity index (χ0n) is 14.7. The van der Waals surface area contributed by atoms with Crippen molar-refractivity contribution in [1.29, 1.82) is 0 Å². The molecular weight excluding hydrogens is 329 g/mol. The molecule has 1 aromatic rings. The summed E-state index contributed by atoms with van der Waals surface area (Å²) in [6.45, 7) is 1.62. The quantitative estimate of drug-likeness (QED) is 0.295. The van der Waals surface area contributed by atoms with Crippen molar-refractivity contribution in [3.8, 4) is 0 Å². The number of methoxy groups -OCH3 is 1. The van der Waals surface area contributed by atoms with Gasteiger partial charge in [-0.15, -0.1) is 0 Å². The minimum Gasteiger partial charge on any atom is -0.547 e. The Labute approximate surface area is 169 Å². The van der Waals surface area contributed by atoms with E-state index in [4.69, 9.17) is 0 Å². The number of aliphatic carboxylic acids is 1. The van der Waals surface area contributed by atoms with E-state index in [9.17, 15) is 14.7 Å². The minimum atomic E-state index is -1.54. The summed E-state index contributed by atoms with van der Waals surface area (Å²) >= 11 is 0. The normalized spacial score (nSPS) is 16.1. The van der Waals surface area contributed by atoms with Crippen LogP contribution in [0.3, 0.4) is 0 Å². The number of carbonyl (C=O) groups is 2. The minimum absolute atomic E-state index is 0. The number of hydrogen-bond donors (Lipinski definition) is 1. The number of esters is 1. The molecule has 1 N–H and O–H groups in total. The Hall–Kier alpha value is -1.82. The average Bonchev–Trinajstić information content (AvgIpc) is 2.60. The molecule has 0 aromatic heterocycles. The van der Waals surface area contributed by atoms with Gasteiger partial charge in [-0.2, -0.15) is 0 Å². The van der Waals surface area contributed by atoms with Crippen LogP contribution in [0.15, 0.2) is 65.9 Å². The SMILES string of the molecule is COC(=O)C=C(C)NC(C(=O)[O-])(C1=CCC=CC1)c1ccccc1.[Na+]. The Kier molecular flexibility index (Phi) is 8.16. The molecule has 0 aliphatic heterocycles. The van der Waals surface area contributed by atoms with E-state index in [1.807, 2.05) is 24.3 Å². The van der Waals surface area contributed by atoms with Crippen molar-refractivity contribution in [3.63, 3.8) is 0 Å². The van der Waals surface area contributed by atoms with Crippen LogP contribution in [-0.2, 0) is 19.9 Å². The Balaban J connectivity index is 0.00000312. The molecule has 5 nitrogen and oxygen atoms in total. The topological polar surface area (TPSA) is 78.5 Å². The first-order valence-electron chi connectivity index (χ1n) is 7.66. The van der Waals surface area contributed by atoms with Gasteiger partial charge in [0.1, 0.15) is 5.54 Å². The van der Waals surface area contributed by atoms with Crippen molar-refractivity contribution in [3.05, 3.63) is 71.5 Å². The second kappa shape index (κ2) is 9.61. The molecule has 0 fully saturated rings. The van der Waals surface area contributed by atoms with E-state index in [1.54, 1.807) is 31.2 Å². The number of nitrogens with one attached hydrogen (secondary N) is 1. The molecule has 126 valence electrons. The molecular formula is C19H20NNaO4. The molecule has 0 spiro atoms. The van der Waals surface area contributed by atoms with E-state index < -0.39 is 17.5 Å². The van der Waals surface area contributed by atoms with Gasteiger partial charge >= 0.3 is 35.5 Å². The molecule has 1 aromatic carbocycles. The fourth-order valence-corrected chi connectivity index (χ4v) is 2.80. The fraction of sp³-hybridized carbons (Fsp3) is 0.263. The van der Waals surface area contributed by atoms with Crippen molar-refractivity contribution in [2.75, 3.05) is 7.11 Å². The number of carboxylic acids is 1. The van der Waals surface area contributed by atoms with Gasteiger partial charge in [0.25, 0.3) is 0 Å². The van der Waals surface area contributed by atoms with Crippen LogP contribution in [-0.4, -0.2) is 19.0 Å². The number of ether oxygens (including phenoxy) is 1. The summed E-state index contributed by atoms with van der Waals surface area (Å²) in [6.07, 6.45) is 8.14. The number of benzene rings is 1. The molecule has 0 saturated carbocycles. The number of rotatable bonds is 6. The van der Waals surface area contributed by atoms with Crippen molar-refractivity contribution in [1.82, 2.24) is 5.32 Å². The zero-order valence-corrected chi connectivity index (χ0v) is 16.7. The molecule has 1 aliphatic rings. The predicted molar refractivity (Wildman–Crippen MR) is 88.5 cm³/mol. The third-order valence-electron chi connectivity index (χ3n) is 3.92. The Morgan fingerprint density at radius 1 is 1.24 bits per heavy atom. The molecule has 2 rings (SSSR count). The Morgan fingerprint density at radius 2 is 1.92 bits per heavy atom. The van der Waals surface area contributed by atoms with E-state index in [0.29, 0.717) is 29.7 Å². The number of allylic oxidation sites excluding steroid dienone is 4. The van der Waals surface area contributed by atoms with E-state index in [1.165, 1.54) is 13.2 Å². The van der Waals surface area contributed by atoms with Gasteiger partial charge in [0.05, 0.1) is 13.1 Å². The average molecular weight is 349 g/mol. The van der Waals surface area contributed by atoms with Crippen molar-refractivity contribution >= 4 is 11.9 Å². The summed E-state index contributed by atoms with van der Waals surface area (Å²) in [5.74, 6) is -1.83. The van der Waals surface area contributed by atoms with Crippen molar-refractivity contribution < 1.29 is 49.0 Å². The third kappa shape index (κ3) is 4.84. The monoisotopic (exact) mass is 349 g/mol. The molecule has 1 unspecified atom stereocenters. The van der Waals surface area contributed by atoms with Gasteiger partial charge < -0.3 is 20.0 Å². The smallest absolute Gasteiger partial charge is 0.547 e. The van der Waals surface area contributed by atoms with Gasteiger partial charge in [0, 0.05) is 11.8 Å². The summed E-state index contributed by atoms with van der Waals surface area (Å²) in [5.41, 5.74) is 0.0593. The maximum absolute atomic E-state index is 12.2. The largest absolute Gasteiger partial charge is 1.00 e.